The van der Waals surface area contributed by atoms with Gasteiger partial charge in [0.25, 0.3) is 0 Å². The molecule has 0 unspecified atom stereocenters. The molecule has 0 aliphatic rings. The maximum atomic E-state index is 10.1. The largest absolute Gasteiger partial charge is 0.390 e. The molecule has 1 rings (SSSR count). The zero-order chi connectivity index (χ0) is 12.1. The van der Waals surface area contributed by atoms with E-state index in [2.05, 4.69) is 0 Å². The summed E-state index contributed by atoms with van der Waals surface area (Å²) in [5.74, 6) is 0. The summed E-state index contributed by atoms with van der Waals surface area (Å²) in [5.41, 5.74) is 0.838. The number of aliphatic hydroxyl groups is 2. The Morgan fingerprint density at radius 2 is 1.81 bits per heavy atom. The summed E-state index contributed by atoms with van der Waals surface area (Å²) < 4.78 is 0. The van der Waals surface area contributed by atoms with Gasteiger partial charge in [-0.05, 0) is 24.0 Å². The lowest BCUT2D eigenvalue weighted by atomic mass is 10.0. The zero-order valence-corrected chi connectivity index (χ0v) is 10.7. The molecule has 0 aromatic heterocycles. The molecule has 16 heavy (non-hydrogen) atoms. The van der Waals surface area contributed by atoms with Crippen LogP contribution in [0, 0.1) is 0 Å². The third-order valence-electron chi connectivity index (χ3n) is 2.67. The van der Waals surface area contributed by atoms with Crippen LogP contribution in [0.15, 0.2) is 29.2 Å². The van der Waals surface area contributed by atoms with Crippen molar-refractivity contribution in [2.75, 3.05) is 27.0 Å². The maximum Gasteiger partial charge on any atom is 0.185 e. The summed E-state index contributed by atoms with van der Waals surface area (Å²) in [6.07, 6.45) is 1.36. The number of hydrogen-bond acceptors (Lipinski definition) is 4. The molecule has 4 heteroatoms. The van der Waals surface area contributed by atoms with Crippen molar-refractivity contribution in [3.8, 4) is 0 Å². The van der Waals surface area contributed by atoms with E-state index >= 15 is 0 Å². The number of likely N-dealkylation sites (N-methyl/N-ethyl adjacent to an activating group) is 1. The van der Waals surface area contributed by atoms with Crippen LogP contribution in [0.3, 0.4) is 0 Å². The summed E-state index contributed by atoms with van der Waals surface area (Å²) in [6.45, 7) is -0.0571. The van der Waals surface area contributed by atoms with Gasteiger partial charge in [0, 0.05) is 4.90 Å². The fourth-order valence-electron chi connectivity index (χ4n) is 1.57. The Morgan fingerprint density at radius 1 is 1.25 bits per heavy atom. The monoisotopic (exact) mass is 241 g/mol. The van der Waals surface area contributed by atoms with E-state index in [0.29, 0.717) is 0 Å². The van der Waals surface area contributed by atoms with Gasteiger partial charge in [0.05, 0.1) is 0 Å². The lowest BCUT2D eigenvalue weighted by molar-refractivity contribution is 0.0699. The second-order valence-corrected chi connectivity index (χ2v) is 4.81. The normalized spacial score (nSPS) is 15.1. The summed E-state index contributed by atoms with van der Waals surface area (Å²) in [6, 6.07) is 7.51. The lowest BCUT2D eigenvalue weighted by Crippen LogP contribution is -2.41. The predicted molar refractivity (Wildman–Crippen MR) is 68.0 cm³/mol. The van der Waals surface area contributed by atoms with Gasteiger partial charge in [0.1, 0.15) is 26.8 Å². The van der Waals surface area contributed by atoms with E-state index in [0.717, 1.165) is 5.56 Å². The average Bonchev–Trinajstić information content (AvgIpc) is 2.29. The summed E-state index contributed by atoms with van der Waals surface area (Å²) in [4.78, 5) is 2.99. The van der Waals surface area contributed by atoms with E-state index in [4.69, 9.17) is 0 Å². The summed E-state index contributed by atoms with van der Waals surface area (Å²) in [7, 11) is 3.70. The van der Waals surface area contributed by atoms with Crippen LogP contribution in [0.4, 0.5) is 0 Å². The van der Waals surface area contributed by atoms with Gasteiger partial charge < -0.3 is 10.2 Å². The second kappa shape index (κ2) is 6.25. The fraction of sp³-hybridized carbons (Fsp3) is 0.500. The van der Waals surface area contributed by atoms with Crippen molar-refractivity contribution in [1.82, 2.24) is 4.90 Å². The minimum absolute atomic E-state index is 0.0571. The van der Waals surface area contributed by atoms with E-state index in [1.807, 2.05) is 49.5 Å². The molecule has 0 aliphatic heterocycles. The minimum Gasteiger partial charge on any atom is -0.390 e. The molecule has 0 spiro atoms. The average molecular weight is 241 g/mol. The number of aliphatic hydroxyl groups excluding tert-OH is 2. The molecule has 1 radical (unpaired) electrons. The first-order chi connectivity index (χ1) is 7.60. The molecular weight excluding hydrogens is 222 g/mol. The quantitative estimate of drug-likeness (QED) is 0.601. The van der Waals surface area contributed by atoms with Crippen molar-refractivity contribution in [1.29, 1.82) is 0 Å². The van der Waals surface area contributed by atoms with Crippen LogP contribution in [-0.2, 0) is 0 Å². The Balaban J connectivity index is 2.82. The third kappa shape index (κ3) is 3.22. The van der Waals surface area contributed by atoms with Crippen LogP contribution < -0.4 is 4.90 Å². The summed E-state index contributed by atoms with van der Waals surface area (Å²) in [5, 5.41) is 19.3. The van der Waals surface area contributed by atoms with E-state index < -0.39 is 6.10 Å². The van der Waals surface area contributed by atoms with Gasteiger partial charge in [0.2, 0.25) is 0 Å². The van der Waals surface area contributed by atoms with Gasteiger partial charge in [-0.2, -0.15) is 4.90 Å². The lowest BCUT2D eigenvalue weighted by Gasteiger charge is -2.20. The molecule has 0 fully saturated rings. The van der Waals surface area contributed by atoms with Gasteiger partial charge in [-0.25, -0.2) is 0 Å². The Kier molecular flexibility index (Phi) is 5.28. The first-order valence-electron chi connectivity index (χ1n) is 5.19. The van der Waals surface area contributed by atoms with Crippen LogP contribution in [0.5, 0.6) is 0 Å². The third-order valence-corrected chi connectivity index (χ3v) is 3.42. The number of nitrogens with zero attached hydrogens (tertiary/aromatic N) is 1. The van der Waals surface area contributed by atoms with E-state index in [9.17, 15) is 10.2 Å². The number of thioether (sulfide) groups is 1. The smallest absolute Gasteiger partial charge is 0.185 e. The van der Waals surface area contributed by atoms with Crippen LogP contribution in [-0.4, -0.2) is 43.2 Å². The van der Waals surface area contributed by atoms with Gasteiger partial charge in [0.15, 0.2) is 6.04 Å². The van der Waals surface area contributed by atoms with Crippen LogP contribution >= 0.6 is 11.8 Å². The van der Waals surface area contributed by atoms with E-state index in [-0.39, 0.29) is 12.6 Å². The number of benzene rings is 1. The van der Waals surface area contributed by atoms with Crippen molar-refractivity contribution in [3.05, 3.63) is 29.8 Å². The maximum absolute atomic E-state index is 10.1. The first kappa shape index (κ1) is 13.5. The molecule has 0 saturated carbocycles. The molecule has 0 heterocycles. The van der Waals surface area contributed by atoms with Gasteiger partial charge in [-0.15, -0.1) is 11.8 Å². The summed E-state index contributed by atoms with van der Waals surface area (Å²) >= 11 is 1.67. The highest BCUT2D eigenvalue weighted by Gasteiger charge is 2.28. The molecular formula is C12H19NO2S+. The van der Waals surface area contributed by atoms with Gasteiger partial charge in [-0.3, -0.25) is 0 Å². The molecule has 0 amide bonds. The van der Waals surface area contributed by atoms with Crippen molar-refractivity contribution < 1.29 is 10.2 Å². The molecule has 1 aromatic rings. The minimum atomic E-state index is -0.657. The molecule has 0 bridgehead atoms. The SMILES string of the molecule is CSc1ccc([C@@H](O)[C@@H](CO)[N+](C)C)cc1. The fourth-order valence-corrected chi connectivity index (χ4v) is 1.98. The van der Waals surface area contributed by atoms with E-state index in [1.54, 1.807) is 11.8 Å². The molecule has 2 N–H and O–H groups in total. The zero-order valence-electron chi connectivity index (χ0n) is 9.92. The molecule has 3 nitrogen and oxygen atoms in total. The Hall–Kier alpha value is -0.550. The Labute approximate surface area is 101 Å². The second-order valence-electron chi connectivity index (χ2n) is 3.93. The molecule has 0 aliphatic carbocycles. The highest BCUT2D eigenvalue weighted by Crippen LogP contribution is 2.22. The molecule has 1 aromatic carbocycles. The van der Waals surface area contributed by atoms with Crippen LogP contribution in [0.25, 0.3) is 0 Å². The Bertz CT molecular complexity index is 313. The standard InChI is InChI=1S/C12H19NO2S/c1-13(2)11(8-14)12(15)9-4-6-10(16-3)7-5-9/h4-7,11-12,14-15H,8H2,1-3H3/q+1/t11-,12-/m1/s1. The highest BCUT2D eigenvalue weighted by molar-refractivity contribution is 7.98. The van der Waals surface area contributed by atoms with Crippen molar-refractivity contribution in [3.63, 3.8) is 0 Å². The molecule has 2 atom stereocenters. The molecule has 0 saturated heterocycles. The van der Waals surface area contributed by atoms with Gasteiger partial charge >= 0.3 is 0 Å². The van der Waals surface area contributed by atoms with Crippen molar-refractivity contribution in [2.24, 2.45) is 0 Å². The van der Waals surface area contributed by atoms with Crippen molar-refractivity contribution >= 4 is 11.8 Å². The first-order valence-corrected chi connectivity index (χ1v) is 6.42. The van der Waals surface area contributed by atoms with Crippen LogP contribution in [0.1, 0.15) is 11.7 Å². The number of rotatable bonds is 5. The highest BCUT2D eigenvalue weighted by atomic mass is 32.2. The molecule has 89 valence electrons. The van der Waals surface area contributed by atoms with Crippen molar-refractivity contribution in [2.45, 2.75) is 17.0 Å². The van der Waals surface area contributed by atoms with Crippen LogP contribution in [0.2, 0.25) is 0 Å². The Morgan fingerprint density at radius 3 is 2.19 bits per heavy atom. The topological polar surface area (TPSA) is 46.4 Å². The number of hydrogen-bond donors (Lipinski definition) is 2. The van der Waals surface area contributed by atoms with Gasteiger partial charge in [-0.1, -0.05) is 12.1 Å². The van der Waals surface area contributed by atoms with E-state index in [1.165, 1.54) is 4.90 Å². The predicted octanol–water partition coefficient (Wildman–Crippen LogP) is 1.20.